The average Bonchev–Trinajstić information content (AvgIpc) is 3.03. The number of anilines is 2. The highest BCUT2D eigenvalue weighted by Crippen LogP contribution is 2.28. The van der Waals surface area contributed by atoms with Crippen LogP contribution in [0.25, 0.3) is 0 Å². The lowest BCUT2D eigenvalue weighted by Gasteiger charge is -2.19. The molecule has 0 aliphatic heterocycles. The van der Waals surface area contributed by atoms with Crippen molar-refractivity contribution in [3.8, 4) is 5.75 Å². The zero-order chi connectivity index (χ0) is 20.2. The van der Waals surface area contributed by atoms with Crippen LogP contribution in [-0.2, 0) is 16.8 Å². The van der Waals surface area contributed by atoms with Gasteiger partial charge in [0, 0.05) is 25.1 Å². The predicted octanol–water partition coefficient (Wildman–Crippen LogP) is 3.34. The van der Waals surface area contributed by atoms with Crippen molar-refractivity contribution in [3.63, 3.8) is 0 Å². The molecule has 1 aromatic carbocycles. The number of urea groups is 1. The number of benzene rings is 1. The van der Waals surface area contributed by atoms with Crippen molar-refractivity contribution in [1.82, 2.24) is 15.1 Å². The van der Waals surface area contributed by atoms with E-state index < -0.39 is 0 Å². The first-order valence-electron chi connectivity index (χ1n) is 8.62. The molecule has 0 aliphatic carbocycles. The van der Waals surface area contributed by atoms with E-state index in [1.165, 1.54) is 18.9 Å². The van der Waals surface area contributed by atoms with Crippen LogP contribution in [0.1, 0.15) is 39.1 Å². The van der Waals surface area contributed by atoms with Gasteiger partial charge in [-0.25, -0.2) is 4.79 Å². The van der Waals surface area contributed by atoms with Crippen LogP contribution in [0.3, 0.4) is 0 Å². The Morgan fingerprint density at radius 2 is 1.93 bits per heavy atom. The van der Waals surface area contributed by atoms with Crippen LogP contribution in [0.4, 0.5) is 16.2 Å². The second-order valence-corrected chi connectivity index (χ2v) is 7.41. The number of aromatic amines is 1. The van der Waals surface area contributed by atoms with E-state index in [2.05, 4.69) is 41.6 Å². The second kappa shape index (κ2) is 8.11. The van der Waals surface area contributed by atoms with E-state index in [9.17, 15) is 9.59 Å². The molecule has 0 bridgehead atoms. The molecule has 3 amide bonds. The smallest absolute Gasteiger partial charge is 0.322 e. The molecule has 2 aromatic rings. The molecular formula is C19H27N5O3. The van der Waals surface area contributed by atoms with Crippen molar-refractivity contribution in [1.29, 1.82) is 0 Å². The van der Waals surface area contributed by atoms with Gasteiger partial charge in [0.05, 0.1) is 30.7 Å². The van der Waals surface area contributed by atoms with Crippen molar-refractivity contribution in [2.24, 2.45) is 0 Å². The molecule has 1 heterocycles. The zero-order valence-electron chi connectivity index (χ0n) is 16.6. The number of H-pyrrole nitrogens is 1. The zero-order valence-corrected chi connectivity index (χ0v) is 16.6. The Labute approximate surface area is 159 Å². The lowest BCUT2D eigenvalue weighted by molar-refractivity contribution is -0.114. The van der Waals surface area contributed by atoms with Gasteiger partial charge in [0.1, 0.15) is 5.75 Å². The molecule has 0 aliphatic rings. The number of ether oxygens (including phenoxy) is 1. The van der Waals surface area contributed by atoms with Gasteiger partial charge < -0.3 is 20.3 Å². The maximum Gasteiger partial charge on any atom is 0.322 e. The second-order valence-electron chi connectivity index (χ2n) is 7.41. The van der Waals surface area contributed by atoms with Crippen molar-refractivity contribution in [2.45, 2.75) is 39.7 Å². The summed E-state index contributed by atoms with van der Waals surface area (Å²) in [6.45, 7) is 8.04. The summed E-state index contributed by atoms with van der Waals surface area (Å²) in [7, 11) is 3.21. The Bertz CT molecular complexity index is 823. The number of methoxy groups -OCH3 is 1. The van der Waals surface area contributed by atoms with Crippen LogP contribution in [0.5, 0.6) is 5.75 Å². The first-order chi connectivity index (χ1) is 12.6. The van der Waals surface area contributed by atoms with E-state index in [-0.39, 0.29) is 17.4 Å². The monoisotopic (exact) mass is 373 g/mol. The minimum atomic E-state index is -0.305. The van der Waals surface area contributed by atoms with Crippen molar-refractivity contribution < 1.29 is 14.3 Å². The normalized spacial score (nSPS) is 11.0. The molecule has 0 spiro atoms. The summed E-state index contributed by atoms with van der Waals surface area (Å²) in [5.41, 5.74) is 2.77. The van der Waals surface area contributed by atoms with E-state index in [4.69, 9.17) is 4.74 Å². The quantitative estimate of drug-likeness (QED) is 0.748. The molecule has 0 fully saturated rings. The molecule has 27 heavy (non-hydrogen) atoms. The SMILES string of the molecule is COc1ccc(NC(C)=O)cc1NC(=O)N(C)Cc1cc(C(C)(C)C)n[nH]1. The van der Waals surface area contributed by atoms with E-state index >= 15 is 0 Å². The molecule has 0 saturated heterocycles. The van der Waals surface area contributed by atoms with Crippen LogP contribution < -0.4 is 15.4 Å². The number of amides is 3. The van der Waals surface area contributed by atoms with Crippen LogP contribution in [0, 0.1) is 0 Å². The number of hydrogen-bond donors (Lipinski definition) is 3. The molecule has 0 unspecified atom stereocenters. The van der Waals surface area contributed by atoms with E-state index in [1.807, 2.05) is 6.07 Å². The van der Waals surface area contributed by atoms with Crippen molar-refractivity contribution in [3.05, 3.63) is 35.7 Å². The topological polar surface area (TPSA) is 99.3 Å². The van der Waals surface area contributed by atoms with Gasteiger partial charge in [-0.15, -0.1) is 0 Å². The van der Waals surface area contributed by atoms with Crippen LogP contribution in [0.15, 0.2) is 24.3 Å². The number of carbonyl (C=O) groups is 2. The lowest BCUT2D eigenvalue weighted by Crippen LogP contribution is -2.31. The highest BCUT2D eigenvalue weighted by Gasteiger charge is 2.19. The molecule has 8 nitrogen and oxygen atoms in total. The number of rotatable bonds is 5. The number of nitrogens with zero attached hydrogens (tertiary/aromatic N) is 2. The lowest BCUT2D eigenvalue weighted by atomic mass is 9.92. The van der Waals surface area contributed by atoms with Gasteiger partial charge in [0.2, 0.25) is 5.91 Å². The molecule has 2 rings (SSSR count). The van der Waals surface area contributed by atoms with Gasteiger partial charge in [0.25, 0.3) is 0 Å². The average molecular weight is 373 g/mol. The molecule has 146 valence electrons. The number of hydrogen-bond acceptors (Lipinski definition) is 4. The summed E-state index contributed by atoms with van der Waals surface area (Å²) in [6.07, 6.45) is 0. The molecular weight excluding hydrogens is 346 g/mol. The first-order valence-corrected chi connectivity index (χ1v) is 8.62. The van der Waals surface area contributed by atoms with Gasteiger partial charge in [0.15, 0.2) is 0 Å². The first kappa shape index (κ1) is 20.3. The van der Waals surface area contributed by atoms with Crippen molar-refractivity contribution >= 4 is 23.3 Å². The van der Waals surface area contributed by atoms with Crippen LogP contribution in [0.2, 0.25) is 0 Å². The molecule has 0 atom stereocenters. The molecule has 3 N–H and O–H groups in total. The van der Waals surface area contributed by atoms with E-state index in [0.29, 0.717) is 23.7 Å². The van der Waals surface area contributed by atoms with Gasteiger partial charge >= 0.3 is 6.03 Å². The summed E-state index contributed by atoms with van der Waals surface area (Å²) >= 11 is 0. The van der Waals surface area contributed by atoms with Gasteiger partial charge in [-0.05, 0) is 24.3 Å². The summed E-state index contributed by atoms with van der Waals surface area (Å²) < 4.78 is 5.28. The van der Waals surface area contributed by atoms with Crippen molar-refractivity contribution in [2.75, 3.05) is 24.8 Å². The third-order valence-electron chi connectivity index (χ3n) is 3.91. The van der Waals surface area contributed by atoms with Crippen LogP contribution in [-0.4, -0.2) is 41.2 Å². The maximum absolute atomic E-state index is 12.6. The molecule has 0 radical (unpaired) electrons. The predicted molar refractivity (Wildman–Crippen MR) is 105 cm³/mol. The summed E-state index contributed by atoms with van der Waals surface area (Å²) in [4.78, 5) is 25.3. The fraction of sp³-hybridized carbons (Fsp3) is 0.421. The number of aromatic nitrogens is 2. The third kappa shape index (κ3) is 5.47. The van der Waals surface area contributed by atoms with E-state index in [0.717, 1.165) is 11.4 Å². The Morgan fingerprint density at radius 1 is 1.22 bits per heavy atom. The van der Waals surface area contributed by atoms with E-state index in [1.54, 1.807) is 25.2 Å². The molecule has 1 aromatic heterocycles. The van der Waals surface area contributed by atoms with Gasteiger partial charge in [-0.2, -0.15) is 5.10 Å². The fourth-order valence-corrected chi connectivity index (χ4v) is 2.45. The molecule has 8 heteroatoms. The minimum Gasteiger partial charge on any atom is -0.495 e. The van der Waals surface area contributed by atoms with Crippen LogP contribution >= 0.6 is 0 Å². The Hall–Kier alpha value is -3.03. The number of nitrogens with one attached hydrogen (secondary N) is 3. The Balaban J connectivity index is 2.09. The van der Waals surface area contributed by atoms with Gasteiger partial charge in [-0.1, -0.05) is 20.8 Å². The highest BCUT2D eigenvalue weighted by atomic mass is 16.5. The summed E-state index contributed by atoms with van der Waals surface area (Å²) in [6, 6.07) is 6.70. The third-order valence-corrected chi connectivity index (χ3v) is 3.91. The highest BCUT2D eigenvalue weighted by molar-refractivity contribution is 5.94. The standard InChI is InChI=1S/C19H27N5O3/c1-12(25)20-13-7-8-16(27-6)15(9-13)21-18(26)24(5)11-14-10-17(23-22-14)19(2,3)4/h7-10H,11H2,1-6H3,(H,20,25)(H,21,26)(H,22,23). The summed E-state index contributed by atoms with van der Waals surface area (Å²) in [5.74, 6) is 0.311. The fourth-order valence-electron chi connectivity index (χ4n) is 2.45. The maximum atomic E-state index is 12.6. The Kier molecular flexibility index (Phi) is 6.09. The largest absolute Gasteiger partial charge is 0.495 e. The Morgan fingerprint density at radius 3 is 2.48 bits per heavy atom. The van der Waals surface area contributed by atoms with Gasteiger partial charge in [-0.3, -0.25) is 9.89 Å². The minimum absolute atomic E-state index is 0.0624. The summed E-state index contributed by atoms with van der Waals surface area (Å²) in [5, 5.41) is 12.8. The number of carbonyl (C=O) groups excluding carboxylic acids is 2. The molecule has 0 saturated carbocycles.